The average Bonchev–Trinajstić information content (AvgIpc) is 3.08. The van der Waals surface area contributed by atoms with E-state index in [0.717, 1.165) is 41.8 Å². The molecule has 0 saturated carbocycles. The first kappa shape index (κ1) is 18.9. The third-order valence-corrected chi connectivity index (χ3v) is 5.09. The standard InChI is InChI=1S/C23H24N4O2/c1-15-7-5-9-17(13-15)24-22(28)20-19-11-3-4-12-27(19)21(26-20)23(29)25-18-10-6-8-16(2)14-18/h5-10,13-14H,3-4,11-12H2,1-2H3,(H,24,28)(H,25,29). The predicted molar refractivity (Wildman–Crippen MR) is 113 cm³/mol. The summed E-state index contributed by atoms with van der Waals surface area (Å²) in [6.45, 7) is 4.64. The highest BCUT2D eigenvalue weighted by molar-refractivity contribution is 6.07. The number of nitrogens with one attached hydrogen (secondary N) is 2. The first-order chi connectivity index (χ1) is 14.0. The fourth-order valence-corrected chi connectivity index (χ4v) is 3.72. The molecule has 0 fully saturated rings. The Morgan fingerprint density at radius 1 is 0.897 bits per heavy atom. The monoisotopic (exact) mass is 388 g/mol. The van der Waals surface area contributed by atoms with Gasteiger partial charge in [0.05, 0.1) is 5.69 Å². The van der Waals surface area contributed by atoms with Crippen molar-refractivity contribution >= 4 is 23.2 Å². The third kappa shape index (κ3) is 4.06. The molecule has 0 saturated heterocycles. The van der Waals surface area contributed by atoms with Crippen molar-refractivity contribution in [2.24, 2.45) is 0 Å². The lowest BCUT2D eigenvalue weighted by Crippen LogP contribution is -2.21. The van der Waals surface area contributed by atoms with E-state index in [1.807, 2.05) is 66.9 Å². The van der Waals surface area contributed by atoms with Gasteiger partial charge in [0.25, 0.3) is 11.8 Å². The summed E-state index contributed by atoms with van der Waals surface area (Å²) in [5.41, 5.74) is 4.72. The summed E-state index contributed by atoms with van der Waals surface area (Å²) in [7, 11) is 0. The number of fused-ring (bicyclic) bond motifs is 1. The Morgan fingerprint density at radius 3 is 2.14 bits per heavy atom. The van der Waals surface area contributed by atoms with E-state index in [4.69, 9.17) is 0 Å². The Hall–Kier alpha value is -3.41. The van der Waals surface area contributed by atoms with Crippen LogP contribution in [0.5, 0.6) is 0 Å². The highest BCUT2D eigenvalue weighted by atomic mass is 16.2. The number of anilines is 2. The minimum Gasteiger partial charge on any atom is -0.323 e. The van der Waals surface area contributed by atoms with Crippen molar-refractivity contribution in [1.82, 2.24) is 9.55 Å². The normalized spacial score (nSPS) is 12.9. The van der Waals surface area contributed by atoms with Crippen LogP contribution in [-0.4, -0.2) is 21.4 Å². The zero-order chi connectivity index (χ0) is 20.4. The van der Waals surface area contributed by atoms with E-state index < -0.39 is 0 Å². The van der Waals surface area contributed by atoms with Crippen LogP contribution in [0, 0.1) is 13.8 Å². The second kappa shape index (κ2) is 7.91. The molecule has 148 valence electrons. The van der Waals surface area contributed by atoms with Crippen LogP contribution in [-0.2, 0) is 13.0 Å². The number of hydrogen-bond acceptors (Lipinski definition) is 3. The molecule has 0 atom stereocenters. The maximum absolute atomic E-state index is 12.9. The van der Waals surface area contributed by atoms with Crippen LogP contribution >= 0.6 is 0 Å². The number of aryl methyl sites for hydroxylation is 2. The minimum atomic E-state index is -0.298. The first-order valence-electron chi connectivity index (χ1n) is 9.87. The van der Waals surface area contributed by atoms with Crippen molar-refractivity contribution in [3.05, 3.63) is 76.9 Å². The summed E-state index contributed by atoms with van der Waals surface area (Å²) < 4.78 is 1.89. The van der Waals surface area contributed by atoms with Crippen molar-refractivity contribution in [1.29, 1.82) is 0 Å². The fourth-order valence-electron chi connectivity index (χ4n) is 3.72. The van der Waals surface area contributed by atoms with Crippen molar-refractivity contribution in [3.63, 3.8) is 0 Å². The molecule has 6 heteroatoms. The molecule has 0 radical (unpaired) electrons. The van der Waals surface area contributed by atoms with Gasteiger partial charge in [0.2, 0.25) is 0 Å². The zero-order valence-corrected chi connectivity index (χ0v) is 16.7. The van der Waals surface area contributed by atoms with Crippen LogP contribution in [0.4, 0.5) is 11.4 Å². The maximum atomic E-state index is 12.9. The summed E-state index contributed by atoms with van der Waals surface area (Å²) >= 11 is 0. The number of hydrogen-bond donors (Lipinski definition) is 2. The molecule has 1 aliphatic rings. The maximum Gasteiger partial charge on any atom is 0.291 e. The molecule has 0 bridgehead atoms. The van der Waals surface area contributed by atoms with Gasteiger partial charge in [0, 0.05) is 17.9 Å². The van der Waals surface area contributed by atoms with Crippen LogP contribution in [0.1, 0.15) is 50.8 Å². The molecule has 2 aromatic carbocycles. The molecule has 3 aromatic rings. The van der Waals surface area contributed by atoms with Crippen LogP contribution < -0.4 is 10.6 Å². The summed E-state index contributed by atoms with van der Waals surface area (Å²) in [5.74, 6) is -0.292. The second-order valence-electron chi connectivity index (χ2n) is 7.49. The molecule has 2 N–H and O–H groups in total. The zero-order valence-electron chi connectivity index (χ0n) is 16.7. The summed E-state index contributed by atoms with van der Waals surface area (Å²) in [4.78, 5) is 30.3. The van der Waals surface area contributed by atoms with E-state index in [2.05, 4.69) is 15.6 Å². The van der Waals surface area contributed by atoms with Gasteiger partial charge in [0.1, 0.15) is 0 Å². The molecule has 0 unspecified atom stereocenters. The largest absolute Gasteiger partial charge is 0.323 e. The van der Waals surface area contributed by atoms with Gasteiger partial charge in [-0.3, -0.25) is 9.59 Å². The quantitative estimate of drug-likeness (QED) is 0.698. The lowest BCUT2D eigenvalue weighted by molar-refractivity contribution is 0.101. The highest BCUT2D eigenvalue weighted by Crippen LogP contribution is 2.23. The van der Waals surface area contributed by atoms with E-state index in [1.165, 1.54) is 0 Å². The summed E-state index contributed by atoms with van der Waals surface area (Å²) in [6.07, 6.45) is 2.68. The lowest BCUT2D eigenvalue weighted by Gasteiger charge is -2.17. The SMILES string of the molecule is Cc1cccc(NC(=O)c2nc(C(=O)Nc3cccc(C)c3)n3c2CCCC3)c1. The van der Waals surface area contributed by atoms with Gasteiger partial charge in [-0.15, -0.1) is 0 Å². The Balaban J connectivity index is 1.63. The van der Waals surface area contributed by atoms with Crippen LogP contribution in [0.3, 0.4) is 0 Å². The van der Waals surface area contributed by atoms with Crippen LogP contribution in [0.2, 0.25) is 0 Å². The first-order valence-corrected chi connectivity index (χ1v) is 9.87. The molecule has 0 spiro atoms. The smallest absolute Gasteiger partial charge is 0.291 e. The molecule has 29 heavy (non-hydrogen) atoms. The number of nitrogens with zero attached hydrogens (tertiary/aromatic N) is 2. The lowest BCUT2D eigenvalue weighted by atomic mass is 10.1. The molecule has 2 amide bonds. The number of aromatic nitrogens is 2. The predicted octanol–water partition coefficient (Wildman–Crippen LogP) is 4.34. The second-order valence-corrected chi connectivity index (χ2v) is 7.49. The van der Waals surface area contributed by atoms with E-state index in [-0.39, 0.29) is 17.6 Å². The molecule has 1 aromatic heterocycles. The third-order valence-electron chi connectivity index (χ3n) is 5.09. The Kier molecular flexibility index (Phi) is 5.16. The number of amides is 2. The Morgan fingerprint density at radius 2 is 1.52 bits per heavy atom. The van der Waals surface area contributed by atoms with Crippen molar-refractivity contribution in [2.45, 2.75) is 39.7 Å². The van der Waals surface area contributed by atoms with Gasteiger partial charge >= 0.3 is 0 Å². The van der Waals surface area contributed by atoms with E-state index in [0.29, 0.717) is 17.9 Å². The van der Waals surface area contributed by atoms with Crippen LogP contribution in [0.15, 0.2) is 48.5 Å². The molecule has 2 heterocycles. The highest BCUT2D eigenvalue weighted by Gasteiger charge is 2.27. The number of carbonyl (C=O) groups excluding carboxylic acids is 2. The number of carbonyl (C=O) groups is 2. The average molecular weight is 388 g/mol. The van der Waals surface area contributed by atoms with E-state index in [1.54, 1.807) is 0 Å². The topological polar surface area (TPSA) is 76.0 Å². The van der Waals surface area contributed by atoms with Crippen LogP contribution in [0.25, 0.3) is 0 Å². The van der Waals surface area contributed by atoms with Gasteiger partial charge in [-0.1, -0.05) is 24.3 Å². The molecular weight excluding hydrogens is 364 g/mol. The van der Waals surface area contributed by atoms with Gasteiger partial charge in [-0.2, -0.15) is 0 Å². The fraction of sp³-hybridized carbons (Fsp3) is 0.261. The van der Waals surface area contributed by atoms with Crippen molar-refractivity contribution in [3.8, 4) is 0 Å². The molecular formula is C23H24N4O2. The van der Waals surface area contributed by atoms with E-state index >= 15 is 0 Å². The molecule has 0 aliphatic carbocycles. The van der Waals surface area contributed by atoms with E-state index in [9.17, 15) is 9.59 Å². The van der Waals surface area contributed by atoms with Gasteiger partial charge < -0.3 is 15.2 Å². The van der Waals surface area contributed by atoms with Gasteiger partial charge in [-0.05, 0) is 68.5 Å². The number of benzene rings is 2. The Bertz CT molecular complexity index is 1000. The van der Waals surface area contributed by atoms with Crippen molar-refractivity contribution in [2.75, 3.05) is 10.6 Å². The number of imidazole rings is 1. The summed E-state index contributed by atoms with van der Waals surface area (Å²) in [6, 6.07) is 15.2. The molecule has 4 rings (SSSR count). The molecule has 6 nitrogen and oxygen atoms in total. The van der Waals surface area contributed by atoms with Crippen molar-refractivity contribution < 1.29 is 9.59 Å². The summed E-state index contributed by atoms with van der Waals surface area (Å²) in [5, 5.41) is 5.82. The van der Waals surface area contributed by atoms with Gasteiger partial charge in [0.15, 0.2) is 11.5 Å². The Labute approximate surface area is 170 Å². The molecule has 1 aliphatic heterocycles. The number of rotatable bonds is 4. The van der Waals surface area contributed by atoms with Gasteiger partial charge in [-0.25, -0.2) is 4.98 Å². The minimum absolute atomic E-state index is 0.282.